The van der Waals surface area contributed by atoms with E-state index >= 15 is 0 Å². The largest absolute Gasteiger partial charge is 0.481 e. The molecule has 0 heterocycles. The number of carboxylic acid groups (broad SMARTS) is 1. The molecule has 0 bridgehead atoms. The highest BCUT2D eigenvalue weighted by Crippen LogP contribution is 2.20. The minimum absolute atomic E-state index is 0.0637. The Labute approximate surface area is 117 Å². The normalized spacial score (nSPS) is 11.5. The molecule has 1 rings (SSSR count). The zero-order valence-electron chi connectivity index (χ0n) is 11.5. The van der Waals surface area contributed by atoms with Crippen molar-refractivity contribution in [2.24, 2.45) is 0 Å². The summed E-state index contributed by atoms with van der Waals surface area (Å²) < 4.78 is 0. The number of benzene rings is 1. The highest BCUT2D eigenvalue weighted by Gasteiger charge is 2.10. The molecule has 0 spiro atoms. The molecule has 108 valence electrons. The molecule has 0 radical (unpaired) electrons. The summed E-state index contributed by atoms with van der Waals surface area (Å²) in [6, 6.07) is 6.97. The van der Waals surface area contributed by atoms with Crippen LogP contribution in [0.1, 0.15) is 31.7 Å². The summed E-state index contributed by atoms with van der Waals surface area (Å²) in [5.41, 5.74) is 1.50. The summed E-state index contributed by atoms with van der Waals surface area (Å²) >= 11 is 0. The van der Waals surface area contributed by atoms with Gasteiger partial charge in [-0.05, 0) is 23.6 Å². The van der Waals surface area contributed by atoms with Crippen molar-refractivity contribution in [3.8, 4) is 0 Å². The Morgan fingerprint density at radius 3 is 2.30 bits per heavy atom. The molecule has 1 aromatic rings. The van der Waals surface area contributed by atoms with E-state index in [2.05, 4.69) is 10.6 Å². The number of aliphatic carboxylic acids is 1. The second-order valence-corrected chi connectivity index (χ2v) is 4.58. The van der Waals surface area contributed by atoms with Gasteiger partial charge in [-0.25, -0.2) is 0 Å². The zero-order valence-corrected chi connectivity index (χ0v) is 11.5. The Bertz CT molecular complexity index is 496. The predicted molar refractivity (Wildman–Crippen MR) is 74.4 cm³/mol. The molecular formula is C14H18N2O4. The van der Waals surface area contributed by atoms with E-state index in [9.17, 15) is 14.4 Å². The molecule has 0 aliphatic heterocycles. The molecular weight excluding hydrogens is 260 g/mol. The van der Waals surface area contributed by atoms with Crippen molar-refractivity contribution >= 4 is 23.5 Å². The summed E-state index contributed by atoms with van der Waals surface area (Å²) in [5, 5.41) is 13.8. The van der Waals surface area contributed by atoms with E-state index in [1.807, 2.05) is 6.92 Å². The number of carboxylic acids is 1. The van der Waals surface area contributed by atoms with Gasteiger partial charge in [0.1, 0.15) is 0 Å². The van der Waals surface area contributed by atoms with E-state index in [-0.39, 0.29) is 30.7 Å². The maximum atomic E-state index is 11.5. The first-order chi connectivity index (χ1) is 9.38. The maximum Gasteiger partial charge on any atom is 0.303 e. The van der Waals surface area contributed by atoms with Crippen LogP contribution in [0.5, 0.6) is 0 Å². The van der Waals surface area contributed by atoms with Crippen LogP contribution in [0.15, 0.2) is 24.3 Å². The molecule has 0 aromatic heterocycles. The number of rotatable bonds is 6. The first kappa shape index (κ1) is 15.7. The third-order valence-corrected chi connectivity index (χ3v) is 2.74. The van der Waals surface area contributed by atoms with Crippen molar-refractivity contribution in [1.82, 2.24) is 5.32 Å². The molecule has 1 unspecified atom stereocenters. The summed E-state index contributed by atoms with van der Waals surface area (Å²) in [4.78, 5) is 32.8. The number of carbonyl (C=O) groups is 3. The van der Waals surface area contributed by atoms with Crippen LogP contribution in [-0.2, 0) is 14.4 Å². The molecule has 0 saturated carbocycles. The van der Waals surface area contributed by atoms with Crippen LogP contribution in [-0.4, -0.2) is 29.4 Å². The van der Waals surface area contributed by atoms with Crippen LogP contribution >= 0.6 is 0 Å². The monoisotopic (exact) mass is 278 g/mol. The standard InChI is InChI=1S/C14H18N2O4/c1-9(7-14(19)20)11-3-5-12(6-4-11)16-13(18)8-15-10(2)17/h3-6,9H,7-8H2,1-2H3,(H,15,17)(H,16,18)(H,19,20). The lowest BCUT2D eigenvalue weighted by molar-refractivity contribution is -0.137. The van der Waals surface area contributed by atoms with Gasteiger partial charge in [0.05, 0.1) is 13.0 Å². The smallest absolute Gasteiger partial charge is 0.303 e. The van der Waals surface area contributed by atoms with E-state index in [1.54, 1.807) is 24.3 Å². The summed E-state index contributed by atoms with van der Waals surface area (Å²) in [6.07, 6.45) is 0.0637. The average Bonchev–Trinajstić information content (AvgIpc) is 2.36. The van der Waals surface area contributed by atoms with Gasteiger partial charge in [0, 0.05) is 12.6 Å². The number of anilines is 1. The molecule has 2 amide bonds. The molecule has 0 saturated heterocycles. The van der Waals surface area contributed by atoms with E-state index < -0.39 is 5.97 Å². The van der Waals surface area contributed by atoms with E-state index in [4.69, 9.17) is 5.11 Å². The average molecular weight is 278 g/mol. The SMILES string of the molecule is CC(=O)NCC(=O)Nc1ccc(C(C)CC(=O)O)cc1. The minimum atomic E-state index is -0.842. The number of hydrogen-bond donors (Lipinski definition) is 3. The van der Waals surface area contributed by atoms with Gasteiger partial charge in [-0.2, -0.15) is 0 Å². The van der Waals surface area contributed by atoms with Gasteiger partial charge in [-0.3, -0.25) is 14.4 Å². The van der Waals surface area contributed by atoms with Crippen molar-refractivity contribution in [2.45, 2.75) is 26.2 Å². The van der Waals surface area contributed by atoms with Crippen LogP contribution in [0.25, 0.3) is 0 Å². The number of carbonyl (C=O) groups excluding carboxylic acids is 2. The molecule has 0 fully saturated rings. The van der Waals surface area contributed by atoms with Crippen molar-refractivity contribution in [3.63, 3.8) is 0 Å². The first-order valence-electron chi connectivity index (χ1n) is 6.24. The van der Waals surface area contributed by atoms with Crippen molar-refractivity contribution in [3.05, 3.63) is 29.8 Å². The van der Waals surface area contributed by atoms with Crippen LogP contribution in [0, 0.1) is 0 Å². The van der Waals surface area contributed by atoms with Crippen molar-refractivity contribution in [1.29, 1.82) is 0 Å². The number of amides is 2. The van der Waals surface area contributed by atoms with E-state index in [0.29, 0.717) is 5.69 Å². The summed E-state index contributed by atoms with van der Waals surface area (Å²) in [7, 11) is 0. The third-order valence-electron chi connectivity index (χ3n) is 2.74. The third kappa shape index (κ3) is 5.51. The fourth-order valence-electron chi connectivity index (χ4n) is 1.68. The Kier molecular flexibility index (Phi) is 5.71. The highest BCUT2D eigenvalue weighted by molar-refractivity contribution is 5.94. The minimum Gasteiger partial charge on any atom is -0.481 e. The Balaban J connectivity index is 2.56. The first-order valence-corrected chi connectivity index (χ1v) is 6.24. The van der Waals surface area contributed by atoms with E-state index in [1.165, 1.54) is 6.92 Å². The molecule has 6 heteroatoms. The summed E-state index contributed by atoms with van der Waals surface area (Å²) in [6.45, 7) is 3.09. The van der Waals surface area contributed by atoms with Crippen LogP contribution < -0.4 is 10.6 Å². The van der Waals surface area contributed by atoms with Gasteiger partial charge < -0.3 is 15.7 Å². The highest BCUT2D eigenvalue weighted by atomic mass is 16.4. The predicted octanol–water partition coefficient (Wildman–Crippen LogP) is 1.34. The summed E-state index contributed by atoms with van der Waals surface area (Å²) in [5.74, 6) is -1.51. The van der Waals surface area contributed by atoms with Crippen LogP contribution in [0.2, 0.25) is 0 Å². The Hall–Kier alpha value is -2.37. The van der Waals surface area contributed by atoms with Gasteiger partial charge in [0.25, 0.3) is 0 Å². The van der Waals surface area contributed by atoms with Gasteiger partial charge in [-0.15, -0.1) is 0 Å². The van der Waals surface area contributed by atoms with Gasteiger partial charge in [0.15, 0.2) is 0 Å². The van der Waals surface area contributed by atoms with Gasteiger partial charge in [0.2, 0.25) is 11.8 Å². The fourth-order valence-corrected chi connectivity index (χ4v) is 1.68. The quantitative estimate of drug-likeness (QED) is 0.731. The lowest BCUT2D eigenvalue weighted by Gasteiger charge is -2.10. The molecule has 1 atom stereocenters. The lowest BCUT2D eigenvalue weighted by atomic mass is 9.98. The molecule has 1 aromatic carbocycles. The molecule has 20 heavy (non-hydrogen) atoms. The number of nitrogens with one attached hydrogen (secondary N) is 2. The number of hydrogen-bond acceptors (Lipinski definition) is 3. The topological polar surface area (TPSA) is 95.5 Å². The van der Waals surface area contributed by atoms with Gasteiger partial charge >= 0.3 is 5.97 Å². The molecule has 6 nitrogen and oxygen atoms in total. The molecule has 0 aliphatic carbocycles. The van der Waals surface area contributed by atoms with Crippen molar-refractivity contribution in [2.75, 3.05) is 11.9 Å². The fraction of sp³-hybridized carbons (Fsp3) is 0.357. The molecule has 3 N–H and O–H groups in total. The Morgan fingerprint density at radius 1 is 1.20 bits per heavy atom. The van der Waals surface area contributed by atoms with Crippen LogP contribution in [0.3, 0.4) is 0 Å². The second-order valence-electron chi connectivity index (χ2n) is 4.58. The maximum absolute atomic E-state index is 11.5. The molecule has 0 aliphatic rings. The van der Waals surface area contributed by atoms with E-state index in [0.717, 1.165) is 5.56 Å². The Morgan fingerprint density at radius 2 is 1.80 bits per heavy atom. The van der Waals surface area contributed by atoms with Gasteiger partial charge in [-0.1, -0.05) is 19.1 Å². The lowest BCUT2D eigenvalue weighted by Crippen LogP contribution is -2.31. The zero-order chi connectivity index (χ0) is 15.1. The van der Waals surface area contributed by atoms with Crippen molar-refractivity contribution < 1.29 is 19.5 Å². The second kappa shape index (κ2) is 7.28. The van der Waals surface area contributed by atoms with Crippen LogP contribution in [0.4, 0.5) is 5.69 Å².